The summed E-state index contributed by atoms with van der Waals surface area (Å²) in [5, 5.41) is 9.50. The van der Waals surface area contributed by atoms with Crippen molar-refractivity contribution in [1.29, 1.82) is 0 Å². The summed E-state index contributed by atoms with van der Waals surface area (Å²) in [7, 11) is 0. The van der Waals surface area contributed by atoms with Crippen LogP contribution < -0.4 is 0 Å². The number of piperidine rings is 1. The number of amides is 1. The number of nitrogens with zero attached hydrogens (tertiary/aromatic N) is 2. The first-order valence-corrected chi connectivity index (χ1v) is 7.79. The standard InChI is InChI=1S/C15H16N2O3S/c1-15(14(19)20)6-2-3-7-17(15)13(18)10-4-5-11-12(8-10)21-9-16-11/h4-5,8-9H,2-3,6-7H2,1H3,(H,19,20). The summed E-state index contributed by atoms with van der Waals surface area (Å²) < 4.78 is 0.940. The van der Waals surface area contributed by atoms with Crippen LogP contribution in [0.2, 0.25) is 0 Å². The summed E-state index contributed by atoms with van der Waals surface area (Å²) in [4.78, 5) is 30.0. The van der Waals surface area contributed by atoms with Crippen LogP contribution in [0.25, 0.3) is 10.2 Å². The molecule has 1 fully saturated rings. The van der Waals surface area contributed by atoms with Crippen LogP contribution in [0.5, 0.6) is 0 Å². The minimum absolute atomic E-state index is 0.213. The molecule has 0 saturated carbocycles. The first-order chi connectivity index (χ1) is 10.0. The largest absolute Gasteiger partial charge is 0.480 e. The maximum absolute atomic E-state index is 12.7. The monoisotopic (exact) mass is 304 g/mol. The molecule has 6 heteroatoms. The van der Waals surface area contributed by atoms with Gasteiger partial charge in [0.15, 0.2) is 0 Å². The fourth-order valence-corrected chi connectivity index (χ4v) is 3.53. The van der Waals surface area contributed by atoms with Gasteiger partial charge in [-0.05, 0) is 44.4 Å². The summed E-state index contributed by atoms with van der Waals surface area (Å²) in [5.74, 6) is -1.15. The lowest BCUT2D eigenvalue weighted by molar-refractivity contribution is -0.150. The van der Waals surface area contributed by atoms with Gasteiger partial charge < -0.3 is 10.0 Å². The minimum atomic E-state index is -1.11. The fraction of sp³-hybridized carbons (Fsp3) is 0.400. The number of thiazole rings is 1. The number of rotatable bonds is 2. The van der Waals surface area contributed by atoms with Crippen LogP contribution in [0.4, 0.5) is 0 Å². The van der Waals surface area contributed by atoms with Gasteiger partial charge in [0.1, 0.15) is 5.54 Å². The van der Waals surface area contributed by atoms with Crippen LogP contribution >= 0.6 is 11.3 Å². The van der Waals surface area contributed by atoms with Gasteiger partial charge in [0.05, 0.1) is 15.7 Å². The van der Waals surface area contributed by atoms with Gasteiger partial charge in [-0.25, -0.2) is 9.78 Å². The van der Waals surface area contributed by atoms with E-state index >= 15 is 0 Å². The zero-order chi connectivity index (χ0) is 15.0. The minimum Gasteiger partial charge on any atom is -0.480 e. The molecule has 0 aliphatic carbocycles. The Morgan fingerprint density at radius 1 is 1.38 bits per heavy atom. The predicted octanol–water partition coefficient (Wildman–Crippen LogP) is 2.77. The summed E-state index contributed by atoms with van der Waals surface area (Å²) in [6.45, 7) is 2.12. The van der Waals surface area contributed by atoms with E-state index in [1.807, 2.05) is 0 Å². The third-order valence-corrected chi connectivity index (χ3v) is 4.97. The van der Waals surface area contributed by atoms with Crippen molar-refractivity contribution in [2.24, 2.45) is 0 Å². The number of hydrogen-bond donors (Lipinski definition) is 1. The molecule has 21 heavy (non-hydrogen) atoms. The molecule has 0 radical (unpaired) electrons. The number of hydrogen-bond acceptors (Lipinski definition) is 4. The second-order valence-electron chi connectivity index (χ2n) is 5.53. The van der Waals surface area contributed by atoms with Crippen LogP contribution in [0.15, 0.2) is 23.7 Å². The van der Waals surface area contributed by atoms with Crippen LogP contribution in [0.3, 0.4) is 0 Å². The van der Waals surface area contributed by atoms with Crippen molar-refractivity contribution in [2.75, 3.05) is 6.54 Å². The van der Waals surface area contributed by atoms with Crippen LogP contribution in [0.1, 0.15) is 36.5 Å². The van der Waals surface area contributed by atoms with Crippen molar-refractivity contribution in [2.45, 2.75) is 31.7 Å². The molecule has 1 amide bonds. The van der Waals surface area contributed by atoms with Gasteiger partial charge in [0, 0.05) is 12.1 Å². The SMILES string of the molecule is CC1(C(=O)O)CCCCN1C(=O)c1ccc2ncsc2c1. The first-order valence-electron chi connectivity index (χ1n) is 6.91. The Hall–Kier alpha value is -1.95. The van der Waals surface area contributed by atoms with E-state index in [1.165, 1.54) is 16.2 Å². The van der Waals surface area contributed by atoms with Gasteiger partial charge in [-0.1, -0.05) is 0 Å². The van der Waals surface area contributed by atoms with Crippen LogP contribution in [-0.4, -0.2) is 39.0 Å². The molecule has 0 bridgehead atoms. The highest BCUT2D eigenvalue weighted by atomic mass is 32.1. The molecule has 0 spiro atoms. The number of aliphatic carboxylic acids is 1. The lowest BCUT2D eigenvalue weighted by Crippen LogP contribution is -2.57. The van der Waals surface area contributed by atoms with Crippen molar-refractivity contribution in [3.8, 4) is 0 Å². The van der Waals surface area contributed by atoms with Crippen LogP contribution in [0, 0.1) is 0 Å². The molecule has 1 atom stereocenters. The zero-order valence-electron chi connectivity index (χ0n) is 11.7. The lowest BCUT2D eigenvalue weighted by Gasteiger charge is -2.41. The van der Waals surface area contributed by atoms with Gasteiger partial charge in [0.2, 0.25) is 0 Å². The van der Waals surface area contributed by atoms with Gasteiger partial charge >= 0.3 is 5.97 Å². The molecule has 1 unspecified atom stereocenters. The Morgan fingerprint density at radius 2 is 2.19 bits per heavy atom. The number of benzene rings is 1. The van der Waals surface area contributed by atoms with E-state index in [0.717, 1.165) is 23.1 Å². The number of aromatic nitrogens is 1. The molecular formula is C15H16N2O3S. The number of carbonyl (C=O) groups is 2. The number of carboxylic acid groups (broad SMARTS) is 1. The predicted molar refractivity (Wildman–Crippen MR) is 80.5 cm³/mol. The van der Waals surface area contributed by atoms with E-state index in [2.05, 4.69) is 4.98 Å². The normalized spacial score (nSPS) is 22.4. The summed E-state index contributed by atoms with van der Waals surface area (Å²) in [5.41, 5.74) is 2.01. The van der Waals surface area contributed by atoms with E-state index < -0.39 is 11.5 Å². The third-order valence-electron chi connectivity index (χ3n) is 4.18. The molecule has 3 rings (SSSR count). The highest BCUT2D eigenvalue weighted by Gasteiger charge is 2.44. The topological polar surface area (TPSA) is 70.5 Å². The second-order valence-corrected chi connectivity index (χ2v) is 6.41. The van der Waals surface area contributed by atoms with Crippen molar-refractivity contribution in [3.05, 3.63) is 29.3 Å². The lowest BCUT2D eigenvalue weighted by atomic mass is 9.88. The van der Waals surface area contributed by atoms with E-state index in [9.17, 15) is 14.7 Å². The average molecular weight is 304 g/mol. The van der Waals surface area contributed by atoms with E-state index in [0.29, 0.717) is 18.5 Å². The zero-order valence-corrected chi connectivity index (χ0v) is 12.5. The second kappa shape index (κ2) is 5.11. The summed E-state index contributed by atoms with van der Waals surface area (Å²) in [6, 6.07) is 5.33. The summed E-state index contributed by atoms with van der Waals surface area (Å²) in [6.07, 6.45) is 2.18. The Labute approximate surface area is 126 Å². The van der Waals surface area contributed by atoms with Gasteiger partial charge in [-0.2, -0.15) is 0 Å². The Bertz CT molecular complexity index is 712. The molecule has 1 aliphatic rings. The van der Waals surface area contributed by atoms with Crippen molar-refractivity contribution >= 4 is 33.4 Å². The highest BCUT2D eigenvalue weighted by molar-refractivity contribution is 7.16. The smallest absolute Gasteiger partial charge is 0.329 e. The van der Waals surface area contributed by atoms with Crippen molar-refractivity contribution in [3.63, 3.8) is 0 Å². The molecule has 110 valence electrons. The quantitative estimate of drug-likeness (QED) is 0.926. The number of likely N-dealkylation sites (tertiary alicyclic amines) is 1. The van der Waals surface area contributed by atoms with E-state index in [1.54, 1.807) is 30.6 Å². The maximum atomic E-state index is 12.7. The summed E-state index contributed by atoms with van der Waals surface area (Å²) >= 11 is 1.47. The molecule has 1 N–H and O–H groups in total. The molecule has 1 aliphatic heterocycles. The highest BCUT2D eigenvalue weighted by Crippen LogP contribution is 2.30. The first kappa shape index (κ1) is 14.0. The molecule has 5 nitrogen and oxygen atoms in total. The Kier molecular flexibility index (Phi) is 3.41. The molecule has 1 aromatic heterocycles. The number of carboxylic acids is 1. The average Bonchev–Trinajstić information content (AvgIpc) is 2.94. The van der Waals surface area contributed by atoms with Crippen LogP contribution in [-0.2, 0) is 4.79 Å². The fourth-order valence-electron chi connectivity index (χ4n) is 2.81. The molecule has 1 saturated heterocycles. The molecular weight excluding hydrogens is 288 g/mol. The van der Waals surface area contributed by atoms with Crippen molar-refractivity contribution in [1.82, 2.24) is 9.88 Å². The van der Waals surface area contributed by atoms with E-state index in [-0.39, 0.29) is 5.91 Å². The maximum Gasteiger partial charge on any atom is 0.329 e. The van der Waals surface area contributed by atoms with E-state index in [4.69, 9.17) is 0 Å². The van der Waals surface area contributed by atoms with Gasteiger partial charge in [-0.3, -0.25) is 4.79 Å². The van der Waals surface area contributed by atoms with Gasteiger partial charge in [0.25, 0.3) is 5.91 Å². The molecule has 2 aromatic rings. The van der Waals surface area contributed by atoms with Gasteiger partial charge in [-0.15, -0.1) is 11.3 Å². The van der Waals surface area contributed by atoms with Crippen molar-refractivity contribution < 1.29 is 14.7 Å². The Morgan fingerprint density at radius 3 is 2.95 bits per heavy atom. The number of fused-ring (bicyclic) bond motifs is 1. The third kappa shape index (κ3) is 2.29. The molecule has 2 heterocycles. The molecule has 1 aromatic carbocycles. The number of carbonyl (C=O) groups excluding carboxylic acids is 1. The Balaban J connectivity index is 1.97.